The van der Waals surface area contributed by atoms with Gasteiger partial charge in [-0.1, -0.05) is 0 Å². The fourth-order valence-corrected chi connectivity index (χ4v) is 2.97. The van der Waals surface area contributed by atoms with Crippen molar-refractivity contribution < 1.29 is 8.42 Å². The number of nitrogens with two attached hydrogens (primary N) is 1. The zero-order valence-corrected chi connectivity index (χ0v) is 12.4. The van der Waals surface area contributed by atoms with Crippen molar-refractivity contribution in [1.29, 1.82) is 0 Å². The lowest BCUT2D eigenvalue weighted by molar-refractivity contribution is 0.234. The van der Waals surface area contributed by atoms with Crippen molar-refractivity contribution in [3.05, 3.63) is 18.2 Å². The van der Waals surface area contributed by atoms with Crippen molar-refractivity contribution >= 4 is 21.2 Å². The Morgan fingerprint density at radius 3 is 2.53 bits per heavy atom. The standard InChI is InChI=1S/C13H21N3O2S/c1-10-9-16(7-6-15(10)2)13-5-4-11(8-12(13)14)19(3,17)18/h4-5,8,10H,6-7,9,14H2,1-3H3. The first-order valence-corrected chi connectivity index (χ1v) is 8.23. The zero-order valence-electron chi connectivity index (χ0n) is 11.6. The lowest BCUT2D eigenvalue weighted by atomic mass is 10.1. The summed E-state index contributed by atoms with van der Waals surface area (Å²) >= 11 is 0. The van der Waals surface area contributed by atoms with E-state index >= 15 is 0 Å². The van der Waals surface area contributed by atoms with Crippen molar-refractivity contribution in [1.82, 2.24) is 4.90 Å². The number of piperazine rings is 1. The summed E-state index contributed by atoms with van der Waals surface area (Å²) in [7, 11) is -1.09. The molecule has 0 saturated carbocycles. The van der Waals surface area contributed by atoms with E-state index in [1.165, 1.54) is 6.26 Å². The molecule has 1 saturated heterocycles. The first-order valence-electron chi connectivity index (χ1n) is 6.34. The Morgan fingerprint density at radius 1 is 1.32 bits per heavy atom. The van der Waals surface area contributed by atoms with Crippen molar-refractivity contribution in [2.45, 2.75) is 17.9 Å². The molecule has 1 aromatic rings. The normalized spacial score (nSPS) is 21.6. The minimum Gasteiger partial charge on any atom is -0.397 e. The molecule has 6 heteroatoms. The maximum Gasteiger partial charge on any atom is 0.175 e. The average Bonchev–Trinajstić information content (AvgIpc) is 2.31. The minimum absolute atomic E-state index is 0.274. The largest absolute Gasteiger partial charge is 0.397 e. The van der Waals surface area contributed by atoms with Crippen LogP contribution in [-0.2, 0) is 9.84 Å². The van der Waals surface area contributed by atoms with Crippen molar-refractivity contribution in [2.75, 3.05) is 43.6 Å². The first-order chi connectivity index (χ1) is 8.79. The van der Waals surface area contributed by atoms with Crippen LogP contribution in [0.25, 0.3) is 0 Å². The third-order valence-electron chi connectivity index (χ3n) is 3.73. The topological polar surface area (TPSA) is 66.6 Å². The van der Waals surface area contributed by atoms with Crippen LogP contribution in [0.1, 0.15) is 6.92 Å². The number of nitrogen functional groups attached to an aromatic ring is 1. The Labute approximate surface area is 114 Å². The summed E-state index contributed by atoms with van der Waals surface area (Å²) in [4.78, 5) is 4.79. The predicted octanol–water partition coefficient (Wildman–Crippen LogP) is 0.813. The van der Waals surface area contributed by atoms with E-state index in [9.17, 15) is 8.42 Å². The summed E-state index contributed by atoms with van der Waals surface area (Å²) in [5.41, 5.74) is 7.46. The maximum absolute atomic E-state index is 11.5. The SMILES string of the molecule is CC1CN(c2ccc(S(C)(=O)=O)cc2N)CCN1C. The van der Waals surface area contributed by atoms with Crippen LogP contribution < -0.4 is 10.6 Å². The molecule has 0 amide bonds. The Balaban J connectivity index is 2.27. The summed E-state index contributed by atoms with van der Waals surface area (Å²) in [6.07, 6.45) is 1.19. The third kappa shape index (κ3) is 3.01. The van der Waals surface area contributed by atoms with Crippen molar-refractivity contribution in [2.24, 2.45) is 0 Å². The minimum atomic E-state index is -3.20. The lowest BCUT2D eigenvalue weighted by Gasteiger charge is -2.39. The van der Waals surface area contributed by atoms with E-state index in [4.69, 9.17) is 5.73 Å². The van der Waals surface area contributed by atoms with E-state index in [2.05, 4.69) is 23.8 Å². The summed E-state index contributed by atoms with van der Waals surface area (Å²) in [6.45, 7) is 4.96. The van der Waals surface area contributed by atoms with Crippen molar-refractivity contribution in [3.8, 4) is 0 Å². The van der Waals surface area contributed by atoms with Crippen LogP contribution in [0.4, 0.5) is 11.4 Å². The Hall–Kier alpha value is -1.27. The van der Waals surface area contributed by atoms with Crippen LogP contribution in [0.5, 0.6) is 0 Å². The third-order valence-corrected chi connectivity index (χ3v) is 4.84. The summed E-state index contributed by atoms with van der Waals surface area (Å²) < 4.78 is 23.0. The molecule has 1 aromatic carbocycles. The van der Waals surface area contributed by atoms with E-state index in [1.54, 1.807) is 12.1 Å². The van der Waals surface area contributed by atoms with Crippen molar-refractivity contribution in [3.63, 3.8) is 0 Å². The fourth-order valence-electron chi connectivity index (χ4n) is 2.32. The number of nitrogens with zero attached hydrogens (tertiary/aromatic N) is 2. The molecule has 0 bridgehead atoms. The number of likely N-dealkylation sites (N-methyl/N-ethyl adjacent to an activating group) is 1. The highest BCUT2D eigenvalue weighted by Gasteiger charge is 2.22. The van der Waals surface area contributed by atoms with Crippen LogP contribution >= 0.6 is 0 Å². The van der Waals surface area contributed by atoms with E-state index in [0.29, 0.717) is 11.7 Å². The molecule has 5 nitrogen and oxygen atoms in total. The first kappa shape index (κ1) is 14.1. The van der Waals surface area contributed by atoms with Gasteiger partial charge in [0.05, 0.1) is 16.3 Å². The molecule has 1 unspecified atom stereocenters. The molecular weight excluding hydrogens is 262 g/mol. The van der Waals surface area contributed by atoms with Gasteiger partial charge in [0.1, 0.15) is 0 Å². The van der Waals surface area contributed by atoms with Gasteiger partial charge in [0.25, 0.3) is 0 Å². The van der Waals surface area contributed by atoms with Gasteiger partial charge in [-0.3, -0.25) is 0 Å². The van der Waals surface area contributed by atoms with Gasteiger partial charge >= 0.3 is 0 Å². The van der Waals surface area contributed by atoms with Gasteiger partial charge in [0.2, 0.25) is 0 Å². The highest BCUT2D eigenvalue weighted by atomic mass is 32.2. The molecule has 0 aliphatic carbocycles. The van der Waals surface area contributed by atoms with Crippen LogP contribution in [0.15, 0.2) is 23.1 Å². The molecule has 19 heavy (non-hydrogen) atoms. The van der Waals surface area contributed by atoms with Gasteiger partial charge < -0.3 is 15.5 Å². The number of rotatable bonds is 2. The second-order valence-electron chi connectivity index (χ2n) is 5.27. The molecule has 2 N–H and O–H groups in total. The molecule has 106 valence electrons. The predicted molar refractivity (Wildman–Crippen MR) is 78.3 cm³/mol. The van der Waals surface area contributed by atoms with E-state index in [0.717, 1.165) is 25.3 Å². The molecule has 1 fully saturated rings. The zero-order chi connectivity index (χ0) is 14.2. The fraction of sp³-hybridized carbons (Fsp3) is 0.538. The molecular formula is C13H21N3O2S. The second-order valence-corrected chi connectivity index (χ2v) is 7.28. The highest BCUT2D eigenvalue weighted by Crippen LogP contribution is 2.27. The smallest absolute Gasteiger partial charge is 0.175 e. The van der Waals surface area contributed by atoms with E-state index in [-0.39, 0.29) is 4.90 Å². The Bertz CT molecular complexity index is 571. The number of sulfone groups is 1. The quantitative estimate of drug-likeness (QED) is 0.814. The van der Waals surface area contributed by atoms with Gasteiger partial charge in [-0.2, -0.15) is 0 Å². The van der Waals surface area contributed by atoms with Crippen LogP contribution in [0.3, 0.4) is 0 Å². The van der Waals surface area contributed by atoms with Crippen LogP contribution in [0.2, 0.25) is 0 Å². The average molecular weight is 283 g/mol. The van der Waals surface area contributed by atoms with Gasteiger partial charge in [0, 0.05) is 31.9 Å². The lowest BCUT2D eigenvalue weighted by Crippen LogP contribution is -2.50. The number of benzene rings is 1. The van der Waals surface area contributed by atoms with Gasteiger partial charge in [-0.05, 0) is 32.2 Å². The monoisotopic (exact) mass is 283 g/mol. The summed E-state index contributed by atoms with van der Waals surface area (Å²) in [5.74, 6) is 0. The Kier molecular flexibility index (Phi) is 3.73. The van der Waals surface area contributed by atoms with Gasteiger partial charge in [-0.15, -0.1) is 0 Å². The molecule has 0 aromatic heterocycles. The maximum atomic E-state index is 11.5. The highest BCUT2D eigenvalue weighted by molar-refractivity contribution is 7.90. The Morgan fingerprint density at radius 2 is 2.00 bits per heavy atom. The number of hydrogen-bond acceptors (Lipinski definition) is 5. The molecule has 1 atom stereocenters. The molecule has 1 heterocycles. The van der Waals surface area contributed by atoms with E-state index in [1.807, 2.05) is 6.07 Å². The molecule has 2 rings (SSSR count). The second kappa shape index (κ2) is 5.02. The van der Waals surface area contributed by atoms with Crippen LogP contribution in [0, 0.1) is 0 Å². The van der Waals surface area contributed by atoms with Gasteiger partial charge in [-0.25, -0.2) is 8.42 Å². The molecule has 0 spiro atoms. The molecule has 0 radical (unpaired) electrons. The molecule has 1 aliphatic rings. The van der Waals surface area contributed by atoms with Crippen LogP contribution in [-0.4, -0.2) is 52.3 Å². The number of anilines is 2. The summed E-state index contributed by atoms with van der Waals surface area (Å²) in [5, 5.41) is 0. The van der Waals surface area contributed by atoms with E-state index < -0.39 is 9.84 Å². The number of hydrogen-bond donors (Lipinski definition) is 1. The summed E-state index contributed by atoms with van der Waals surface area (Å²) in [6, 6.07) is 5.45. The molecule has 1 aliphatic heterocycles. The van der Waals surface area contributed by atoms with Gasteiger partial charge in [0.15, 0.2) is 9.84 Å².